The summed E-state index contributed by atoms with van der Waals surface area (Å²) in [6.45, 7) is 3.69. The van der Waals surface area contributed by atoms with Crippen molar-refractivity contribution in [3.63, 3.8) is 0 Å². The Hall–Kier alpha value is -2.21. The van der Waals surface area contributed by atoms with E-state index in [1.807, 2.05) is 6.92 Å². The highest BCUT2D eigenvalue weighted by molar-refractivity contribution is 6.22. The van der Waals surface area contributed by atoms with Gasteiger partial charge in [0.25, 0.3) is 11.8 Å². The number of amides is 3. The van der Waals surface area contributed by atoms with Gasteiger partial charge in [-0.05, 0) is 18.7 Å². The van der Waals surface area contributed by atoms with E-state index >= 15 is 0 Å². The summed E-state index contributed by atoms with van der Waals surface area (Å²) in [5.74, 6) is -1.16. The van der Waals surface area contributed by atoms with Crippen molar-refractivity contribution in [1.82, 2.24) is 15.5 Å². The van der Waals surface area contributed by atoms with Gasteiger partial charge in [-0.1, -0.05) is 19.1 Å². The highest BCUT2D eigenvalue weighted by Crippen LogP contribution is 2.21. The Bertz CT molecular complexity index is 507. The van der Waals surface area contributed by atoms with Crippen LogP contribution in [0.5, 0.6) is 0 Å². The number of hydrogen-bond donors (Lipinski definition) is 2. The maximum Gasteiger partial charge on any atom is 0.262 e. The van der Waals surface area contributed by atoms with Crippen LogP contribution in [-0.2, 0) is 4.79 Å². The van der Waals surface area contributed by atoms with Gasteiger partial charge in [-0.25, -0.2) is 0 Å². The lowest BCUT2D eigenvalue weighted by molar-refractivity contribution is -0.121. The Morgan fingerprint density at radius 2 is 1.70 bits per heavy atom. The molecule has 20 heavy (non-hydrogen) atoms. The minimum atomic E-state index is -0.410. The number of fused-ring (bicyclic) bond motifs is 1. The molecule has 0 atom stereocenters. The SMILES string of the molecule is CCNCCNC(=O)CN1C(=O)c2ccccc2C1=O. The van der Waals surface area contributed by atoms with Crippen LogP contribution < -0.4 is 10.6 Å². The number of carbonyl (C=O) groups is 3. The molecular formula is C14H17N3O3. The van der Waals surface area contributed by atoms with Crippen molar-refractivity contribution in [2.45, 2.75) is 6.92 Å². The minimum Gasteiger partial charge on any atom is -0.353 e. The predicted molar refractivity (Wildman–Crippen MR) is 73.4 cm³/mol. The highest BCUT2D eigenvalue weighted by atomic mass is 16.2. The van der Waals surface area contributed by atoms with Gasteiger partial charge in [0.2, 0.25) is 5.91 Å². The topological polar surface area (TPSA) is 78.5 Å². The molecule has 0 bridgehead atoms. The predicted octanol–water partition coefficient (Wildman–Crippen LogP) is 0.00830. The summed E-state index contributed by atoms with van der Waals surface area (Å²) in [5.41, 5.74) is 0.718. The van der Waals surface area contributed by atoms with E-state index in [9.17, 15) is 14.4 Å². The van der Waals surface area contributed by atoms with Crippen molar-refractivity contribution in [3.8, 4) is 0 Å². The monoisotopic (exact) mass is 275 g/mol. The average Bonchev–Trinajstić information content (AvgIpc) is 2.69. The fraction of sp³-hybridized carbons (Fsp3) is 0.357. The van der Waals surface area contributed by atoms with Gasteiger partial charge in [-0.15, -0.1) is 0 Å². The molecule has 1 aromatic rings. The fourth-order valence-corrected chi connectivity index (χ4v) is 2.05. The first kappa shape index (κ1) is 14.2. The average molecular weight is 275 g/mol. The van der Waals surface area contributed by atoms with Gasteiger partial charge in [-0.2, -0.15) is 0 Å². The maximum absolute atomic E-state index is 12.0. The lowest BCUT2D eigenvalue weighted by atomic mass is 10.1. The van der Waals surface area contributed by atoms with E-state index in [2.05, 4.69) is 10.6 Å². The number of nitrogens with zero attached hydrogens (tertiary/aromatic N) is 1. The van der Waals surface area contributed by atoms with Crippen molar-refractivity contribution in [2.24, 2.45) is 0 Å². The fourth-order valence-electron chi connectivity index (χ4n) is 2.05. The van der Waals surface area contributed by atoms with Crippen LogP contribution in [0.2, 0.25) is 0 Å². The molecule has 1 aliphatic rings. The number of rotatable bonds is 6. The van der Waals surface area contributed by atoms with Crippen LogP contribution >= 0.6 is 0 Å². The Kier molecular flexibility index (Phi) is 4.47. The van der Waals surface area contributed by atoms with E-state index < -0.39 is 11.8 Å². The lowest BCUT2D eigenvalue weighted by Crippen LogP contribution is -2.42. The van der Waals surface area contributed by atoms with Crippen LogP contribution in [0.4, 0.5) is 0 Å². The number of nitrogens with one attached hydrogen (secondary N) is 2. The number of carbonyl (C=O) groups excluding carboxylic acids is 3. The third kappa shape index (κ3) is 2.85. The smallest absolute Gasteiger partial charge is 0.262 e. The first-order valence-corrected chi connectivity index (χ1v) is 6.57. The first-order chi connectivity index (χ1) is 9.65. The second kappa shape index (κ2) is 6.29. The van der Waals surface area contributed by atoms with Crippen LogP contribution in [0.15, 0.2) is 24.3 Å². The number of likely N-dealkylation sites (N-methyl/N-ethyl adjacent to an activating group) is 1. The Morgan fingerprint density at radius 1 is 1.10 bits per heavy atom. The molecule has 0 aromatic heterocycles. The van der Waals surface area contributed by atoms with Gasteiger partial charge in [-0.3, -0.25) is 19.3 Å². The minimum absolute atomic E-state index is 0.238. The summed E-state index contributed by atoms with van der Waals surface area (Å²) < 4.78 is 0. The molecule has 6 nitrogen and oxygen atoms in total. The van der Waals surface area contributed by atoms with E-state index in [1.54, 1.807) is 24.3 Å². The zero-order chi connectivity index (χ0) is 14.5. The van der Waals surface area contributed by atoms with Crippen LogP contribution in [-0.4, -0.2) is 48.8 Å². The van der Waals surface area contributed by atoms with Gasteiger partial charge in [0.15, 0.2) is 0 Å². The van der Waals surface area contributed by atoms with Crippen LogP contribution in [0.1, 0.15) is 27.6 Å². The van der Waals surface area contributed by atoms with Gasteiger partial charge in [0, 0.05) is 13.1 Å². The zero-order valence-corrected chi connectivity index (χ0v) is 11.3. The first-order valence-electron chi connectivity index (χ1n) is 6.57. The second-order valence-electron chi connectivity index (χ2n) is 4.45. The molecule has 6 heteroatoms. The summed E-state index contributed by atoms with van der Waals surface area (Å²) in [5, 5.41) is 5.73. The molecule has 0 spiro atoms. The van der Waals surface area contributed by atoms with Gasteiger partial charge >= 0.3 is 0 Å². The van der Waals surface area contributed by atoms with Crippen LogP contribution in [0.25, 0.3) is 0 Å². The summed E-state index contributed by atoms with van der Waals surface area (Å²) in [6, 6.07) is 6.59. The van der Waals surface area contributed by atoms with E-state index in [1.165, 1.54) is 0 Å². The number of hydrogen-bond acceptors (Lipinski definition) is 4. The summed E-state index contributed by atoms with van der Waals surface area (Å²) in [4.78, 5) is 36.8. The van der Waals surface area contributed by atoms with Crippen LogP contribution in [0.3, 0.4) is 0 Å². The van der Waals surface area contributed by atoms with E-state index in [0.717, 1.165) is 11.4 Å². The molecule has 2 N–H and O–H groups in total. The normalized spacial score (nSPS) is 13.6. The van der Waals surface area contributed by atoms with Gasteiger partial charge < -0.3 is 10.6 Å². The van der Waals surface area contributed by atoms with Crippen LogP contribution in [0, 0.1) is 0 Å². The van der Waals surface area contributed by atoms with Crippen molar-refractivity contribution in [3.05, 3.63) is 35.4 Å². The summed E-state index contributed by atoms with van der Waals surface area (Å²) in [7, 11) is 0. The quantitative estimate of drug-likeness (QED) is 0.566. The number of benzene rings is 1. The molecule has 1 heterocycles. The molecule has 3 amide bonds. The molecule has 0 saturated heterocycles. The molecule has 1 aliphatic heterocycles. The molecule has 1 aromatic carbocycles. The lowest BCUT2D eigenvalue weighted by Gasteiger charge is -2.13. The Balaban J connectivity index is 1.93. The molecule has 0 unspecified atom stereocenters. The van der Waals surface area contributed by atoms with Crippen molar-refractivity contribution < 1.29 is 14.4 Å². The molecule has 0 radical (unpaired) electrons. The van der Waals surface area contributed by atoms with E-state index in [0.29, 0.717) is 24.2 Å². The molecular weight excluding hydrogens is 258 g/mol. The molecule has 106 valence electrons. The van der Waals surface area contributed by atoms with E-state index in [4.69, 9.17) is 0 Å². The molecule has 0 fully saturated rings. The highest BCUT2D eigenvalue weighted by Gasteiger charge is 2.35. The second-order valence-corrected chi connectivity index (χ2v) is 4.45. The van der Waals surface area contributed by atoms with Gasteiger partial charge in [0.1, 0.15) is 6.54 Å². The Morgan fingerprint density at radius 3 is 2.25 bits per heavy atom. The third-order valence-corrected chi connectivity index (χ3v) is 3.05. The van der Waals surface area contributed by atoms with Crippen molar-refractivity contribution in [2.75, 3.05) is 26.2 Å². The largest absolute Gasteiger partial charge is 0.353 e. The Labute approximate surface area is 117 Å². The standard InChI is InChI=1S/C14H17N3O3/c1-2-15-7-8-16-12(18)9-17-13(19)10-5-3-4-6-11(10)14(17)20/h3-6,15H,2,7-9H2,1H3,(H,16,18). The summed E-state index contributed by atoms with van der Waals surface area (Å²) in [6.07, 6.45) is 0. The number of imide groups is 1. The maximum atomic E-state index is 12.0. The van der Waals surface area contributed by atoms with E-state index in [-0.39, 0.29) is 12.5 Å². The van der Waals surface area contributed by atoms with Gasteiger partial charge in [0.05, 0.1) is 11.1 Å². The zero-order valence-electron chi connectivity index (χ0n) is 11.3. The van der Waals surface area contributed by atoms with Crippen molar-refractivity contribution in [1.29, 1.82) is 0 Å². The summed E-state index contributed by atoms with van der Waals surface area (Å²) >= 11 is 0. The molecule has 2 rings (SSSR count). The third-order valence-electron chi connectivity index (χ3n) is 3.05. The van der Waals surface area contributed by atoms with Crippen molar-refractivity contribution >= 4 is 17.7 Å². The molecule has 0 saturated carbocycles. The molecule has 0 aliphatic carbocycles.